The second kappa shape index (κ2) is 7.59. The number of benzene rings is 1. The van der Waals surface area contributed by atoms with Crippen LogP contribution in [0.25, 0.3) is 0 Å². The summed E-state index contributed by atoms with van der Waals surface area (Å²) in [7, 11) is 0. The molecule has 0 radical (unpaired) electrons. The molecular weight excluding hydrogens is 306 g/mol. The molecule has 1 aliphatic heterocycles. The van der Waals surface area contributed by atoms with Gasteiger partial charge < -0.3 is 15.0 Å². The van der Waals surface area contributed by atoms with E-state index in [0.717, 1.165) is 11.3 Å². The zero-order valence-corrected chi connectivity index (χ0v) is 13.3. The molecule has 2 aromatic rings. The summed E-state index contributed by atoms with van der Waals surface area (Å²) in [5.74, 6) is 0.593. The highest BCUT2D eigenvalue weighted by Crippen LogP contribution is 2.31. The van der Waals surface area contributed by atoms with Crippen LogP contribution in [0.5, 0.6) is 5.75 Å². The summed E-state index contributed by atoms with van der Waals surface area (Å²) in [5, 5.41) is 2.86. The van der Waals surface area contributed by atoms with Gasteiger partial charge in [-0.2, -0.15) is 0 Å². The first kappa shape index (κ1) is 16.0. The van der Waals surface area contributed by atoms with E-state index in [1.165, 1.54) is 0 Å². The third-order valence-corrected chi connectivity index (χ3v) is 3.81. The minimum absolute atomic E-state index is 0.0344. The normalized spacial score (nSPS) is 13.2. The van der Waals surface area contributed by atoms with Crippen LogP contribution in [0.2, 0.25) is 0 Å². The van der Waals surface area contributed by atoms with E-state index in [0.29, 0.717) is 31.7 Å². The predicted octanol–water partition coefficient (Wildman–Crippen LogP) is 1.90. The van der Waals surface area contributed by atoms with Crippen molar-refractivity contribution >= 4 is 17.5 Å². The van der Waals surface area contributed by atoms with E-state index in [2.05, 4.69) is 10.3 Å². The molecule has 2 amide bonds. The highest BCUT2D eigenvalue weighted by Gasteiger charge is 2.24. The predicted molar refractivity (Wildman–Crippen MR) is 89.6 cm³/mol. The van der Waals surface area contributed by atoms with E-state index in [4.69, 9.17) is 4.74 Å². The van der Waals surface area contributed by atoms with Crippen LogP contribution in [0, 0.1) is 0 Å². The average molecular weight is 325 g/mol. The van der Waals surface area contributed by atoms with Crippen LogP contribution in [-0.2, 0) is 16.1 Å². The molecule has 6 nitrogen and oxygen atoms in total. The number of pyridine rings is 1. The summed E-state index contributed by atoms with van der Waals surface area (Å²) in [4.78, 5) is 29.7. The van der Waals surface area contributed by atoms with E-state index < -0.39 is 0 Å². The highest BCUT2D eigenvalue weighted by atomic mass is 16.5. The number of hydrogen-bond donors (Lipinski definition) is 1. The van der Waals surface area contributed by atoms with Crippen LogP contribution in [0.1, 0.15) is 18.4 Å². The molecule has 1 aliphatic rings. The monoisotopic (exact) mass is 325 g/mol. The lowest BCUT2D eigenvalue weighted by molar-refractivity contribution is -0.123. The van der Waals surface area contributed by atoms with Crippen LogP contribution in [0.15, 0.2) is 48.8 Å². The maximum Gasteiger partial charge on any atom is 0.265 e. The smallest absolute Gasteiger partial charge is 0.265 e. The van der Waals surface area contributed by atoms with Crippen molar-refractivity contribution in [3.05, 3.63) is 54.4 Å². The fourth-order valence-corrected chi connectivity index (χ4v) is 2.59. The number of carbonyl (C=O) groups is 2. The molecule has 6 heteroatoms. The minimum Gasteiger partial charge on any atom is -0.482 e. The number of amides is 2. The zero-order chi connectivity index (χ0) is 16.8. The number of carbonyl (C=O) groups excluding carboxylic acids is 2. The summed E-state index contributed by atoms with van der Waals surface area (Å²) in [6.45, 7) is 1.01. The van der Waals surface area contributed by atoms with Crippen molar-refractivity contribution < 1.29 is 14.3 Å². The number of rotatable bonds is 6. The Kier molecular flexibility index (Phi) is 5.05. The standard InChI is InChI=1S/C18H19N3O3/c22-17(20-12-14-5-3-9-19-11-14)8-4-10-21-15-6-1-2-7-16(15)24-13-18(21)23/h1-3,5-7,9,11H,4,8,10,12-13H2,(H,20,22). The Morgan fingerprint density at radius 2 is 2.12 bits per heavy atom. The maximum absolute atomic E-state index is 12.0. The molecule has 0 saturated heterocycles. The number of fused-ring (bicyclic) bond motifs is 1. The van der Waals surface area contributed by atoms with Crippen LogP contribution in [-0.4, -0.2) is 29.9 Å². The van der Waals surface area contributed by atoms with Gasteiger partial charge in [-0.05, 0) is 30.2 Å². The molecule has 1 aromatic heterocycles. The molecule has 0 bridgehead atoms. The van der Waals surface area contributed by atoms with Gasteiger partial charge in [-0.15, -0.1) is 0 Å². The van der Waals surface area contributed by atoms with Gasteiger partial charge in [0.1, 0.15) is 5.75 Å². The van der Waals surface area contributed by atoms with Crippen LogP contribution in [0.4, 0.5) is 5.69 Å². The lowest BCUT2D eigenvalue weighted by Crippen LogP contribution is -2.39. The molecule has 0 aliphatic carbocycles. The SMILES string of the molecule is O=C(CCCN1C(=O)COc2ccccc21)NCc1cccnc1. The van der Waals surface area contributed by atoms with Crippen LogP contribution >= 0.6 is 0 Å². The Bertz CT molecular complexity index is 718. The molecule has 3 rings (SSSR count). The van der Waals surface area contributed by atoms with Crippen molar-refractivity contribution in [2.24, 2.45) is 0 Å². The van der Waals surface area contributed by atoms with Crippen molar-refractivity contribution in [1.82, 2.24) is 10.3 Å². The number of aromatic nitrogens is 1. The van der Waals surface area contributed by atoms with Gasteiger partial charge >= 0.3 is 0 Å². The topological polar surface area (TPSA) is 71.5 Å². The Morgan fingerprint density at radius 1 is 1.25 bits per heavy atom. The van der Waals surface area contributed by atoms with Crippen molar-refractivity contribution in [1.29, 1.82) is 0 Å². The highest BCUT2D eigenvalue weighted by molar-refractivity contribution is 5.97. The Labute approximate surface area is 140 Å². The Balaban J connectivity index is 1.48. The number of nitrogens with one attached hydrogen (secondary N) is 1. The summed E-state index contributed by atoms with van der Waals surface area (Å²) in [6.07, 6.45) is 4.39. The van der Waals surface area contributed by atoms with Crippen molar-refractivity contribution in [2.75, 3.05) is 18.1 Å². The van der Waals surface area contributed by atoms with Gasteiger partial charge in [-0.1, -0.05) is 18.2 Å². The summed E-state index contributed by atoms with van der Waals surface area (Å²) >= 11 is 0. The van der Waals surface area contributed by atoms with Gasteiger partial charge in [0.25, 0.3) is 5.91 Å². The average Bonchev–Trinajstić information content (AvgIpc) is 2.63. The largest absolute Gasteiger partial charge is 0.482 e. The Hall–Kier alpha value is -2.89. The fourth-order valence-electron chi connectivity index (χ4n) is 2.59. The quantitative estimate of drug-likeness (QED) is 0.880. The fraction of sp³-hybridized carbons (Fsp3) is 0.278. The first-order chi connectivity index (χ1) is 11.7. The third kappa shape index (κ3) is 3.90. The molecule has 0 saturated carbocycles. The molecule has 1 N–H and O–H groups in total. The summed E-state index contributed by atoms with van der Waals surface area (Å²) in [5.41, 5.74) is 1.73. The molecule has 0 spiro atoms. The molecule has 0 fully saturated rings. The van der Waals surface area contributed by atoms with Gasteiger partial charge in [-0.3, -0.25) is 14.6 Å². The lowest BCUT2D eigenvalue weighted by atomic mass is 10.2. The number of para-hydroxylation sites is 2. The second-order valence-electron chi connectivity index (χ2n) is 5.54. The van der Waals surface area contributed by atoms with Gasteiger partial charge in [0.2, 0.25) is 5.91 Å². The van der Waals surface area contributed by atoms with E-state index in [1.807, 2.05) is 36.4 Å². The van der Waals surface area contributed by atoms with Gasteiger partial charge in [0, 0.05) is 31.9 Å². The van der Waals surface area contributed by atoms with Gasteiger partial charge in [-0.25, -0.2) is 0 Å². The first-order valence-electron chi connectivity index (χ1n) is 7.92. The van der Waals surface area contributed by atoms with Crippen molar-refractivity contribution in [3.8, 4) is 5.75 Å². The second-order valence-corrected chi connectivity index (χ2v) is 5.54. The number of anilines is 1. The van der Waals surface area contributed by atoms with E-state index in [9.17, 15) is 9.59 Å². The van der Waals surface area contributed by atoms with Crippen LogP contribution in [0.3, 0.4) is 0 Å². The molecule has 24 heavy (non-hydrogen) atoms. The van der Waals surface area contributed by atoms with Crippen LogP contribution < -0.4 is 15.0 Å². The molecule has 2 heterocycles. The third-order valence-electron chi connectivity index (χ3n) is 3.81. The minimum atomic E-state index is -0.0792. The van der Waals surface area contributed by atoms with Crippen molar-refractivity contribution in [3.63, 3.8) is 0 Å². The number of ether oxygens (including phenoxy) is 1. The number of hydrogen-bond acceptors (Lipinski definition) is 4. The molecular formula is C18H19N3O3. The van der Waals surface area contributed by atoms with Crippen molar-refractivity contribution in [2.45, 2.75) is 19.4 Å². The molecule has 1 aromatic carbocycles. The van der Waals surface area contributed by atoms with Gasteiger partial charge in [0.05, 0.1) is 5.69 Å². The lowest BCUT2D eigenvalue weighted by Gasteiger charge is -2.29. The summed E-state index contributed by atoms with van der Waals surface area (Å²) < 4.78 is 5.40. The maximum atomic E-state index is 12.0. The molecule has 0 unspecified atom stereocenters. The van der Waals surface area contributed by atoms with E-state index in [1.54, 1.807) is 17.3 Å². The van der Waals surface area contributed by atoms with E-state index >= 15 is 0 Å². The number of nitrogens with zero attached hydrogens (tertiary/aromatic N) is 2. The molecule has 0 atom stereocenters. The Morgan fingerprint density at radius 3 is 2.96 bits per heavy atom. The molecule has 124 valence electrons. The van der Waals surface area contributed by atoms with E-state index in [-0.39, 0.29) is 18.4 Å². The first-order valence-corrected chi connectivity index (χ1v) is 7.92. The van der Waals surface area contributed by atoms with Gasteiger partial charge in [0.15, 0.2) is 6.61 Å². The zero-order valence-electron chi connectivity index (χ0n) is 13.3. The summed E-state index contributed by atoms with van der Waals surface area (Å²) in [6, 6.07) is 11.2.